The molecule has 0 N–H and O–H groups in total. The third kappa shape index (κ3) is 0.881. The quantitative estimate of drug-likeness (QED) is 0.626. The average molecular weight is 186 g/mol. The first-order chi connectivity index (χ1) is 5.70. The van der Waals surface area contributed by atoms with E-state index in [9.17, 15) is 4.39 Å². The summed E-state index contributed by atoms with van der Waals surface area (Å²) >= 11 is 5.70. The molecule has 0 aliphatic heterocycles. The monoisotopic (exact) mass is 185 g/mol. The van der Waals surface area contributed by atoms with Crippen LogP contribution in [0.3, 0.4) is 0 Å². The van der Waals surface area contributed by atoms with Crippen LogP contribution in [0.15, 0.2) is 12.1 Å². The Labute approximate surface area is 72.7 Å². The lowest BCUT2D eigenvalue weighted by Gasteiger charge is -1.95. The summed E-state index contributed by atoms with van der Waals surface area (Å²) in [5.41, 5.74) is 1.13. The highest BCUT2D eigenvalue weighted by atomic mass is 35.5. The minimum atomic E-state index is -0.449. The van der Waals surface area contributed by atoms with Gasteiger partial charge in [0, 0.05) is 7.05 Å². The fourth-order valence-corrected chi connectivity index (χ4v) is 1.36. The summed E-state index contributed by atoms with van der Waals surface area (Å²) in [6.07, 6.45) is 0. The van der Waals surface area contributed by atoms with Crippen molar-refractivity contribution in [2.45, 2.75) is 0 Å². The van der Waals surface area contributed by atoms with Gasteiger partial charge in [-0.2, -0.15) is 0 Å². The van der Waals surface area contributed by atoms with Crippen molar-refractivity contribution in [3.63, 3.8) is 0 Å². The molecular weight excluding hydrogens is 181 g/mol. The molecule has 2 aromatic rings. The Morgan fingerprint density at radius 2 is 2.25 bits per heavy atom. The molecule has 1 aromatic carbocycles. The van der Waals surface area contributed by atoms with Crippen molar-refractivity contribution in [3.05, 3.63) is 23.0 Å². The van der Waals surface area contributed by atoms with Gasteiger partial charge in [-0.3, -0.25) is 0 Å². The van der Waals surface area contributed by atoms with Crippen molar-refractivity contribution < 1.29 is 4.39 Å². The highest BCUT2D eigenvalue weighted by Crippen LogP contribution is 2.23. The Morgan fingerprint density at radius 1 is 1.50 bits per heavy atom. The predicted octanol–water partition coefficient (Wildman–Crippen LogP) is 1.76. The second-order valence-corrected chi connectivity index (χ2v) is 2.82. The number of hydrogen-bond acceptors (Lipinski definition) is 2. The van der Waals surface area contributed by atoms with Gasteiger partial charge in [0.2, 0.25) is 0 Å². The summed E-state index contributed by atoms with van der Waals surface area (Å²) in [6, 6.07) is 2.82. The summed E-state index contributed by atoms with van der Waals surface area (Å²) in [6.45, 7) is 0. The van der Waals surface area contributed by atoms with Crippen LogP contribution in [0.1, 0.15) is 0 Å². The lowest BCUT2D eigenvalue weighted by atomic mass is 10.3. The summed E-state index contributed by atoms with van der Waals surface area (Å²) in [5.74, 6) is -0.449. The van der Waals surface area contributed by atoms with Gasteiger partial charge in [-0.15, -0.1) is 5.10 Å². The predicted molar refractivity (Wildman–Crippen MR) is 43.5 cm³/mol. The van der Waals surface area contributed by atoms with Crippen molar-refractivity contribution in [2.24, 2.45) is 7.05 Å². The Kier molecular flexibility index (Phi) is 1.51. The molecule has 0 saturated carbocycles. The molecule has 0 amide bonds. The zero-order valence-electron chi connectivity index (χ0n) is 6.25. The van der Waals surface area contributed by atoms with E-state index in [2.05, 4.69) is 10.3 Å². The lowest BCUT2D eigenvalue weighted by Crippen LogP contribution is -1.91. The molecule has 0 unspecified atom stereocenters. The zero-order valence-corrected chi connectivity index (χ0v) is 7.01. The first-order valence-electron chi connectivity index (χ1n) is 3.33. The Hall–Kier alpha value is -1.16. The van der Waals surface area contributed by atoms with Crippen LogP contribution in [0.4, 0.5) is 4.39 Å². The number of hydrogen-bond donors (Lipinski definition) is 0. The number of rotatable bonds is 0. The van der Waals surface area contributed by atoms with Gasteiger partial charge in [0.05, 0.1) is 0 Å². The van der Waals surface area contributed by atoms with E-state index in [1.54, 1.807) is 13.1 Å². The minimum absolute atomic E-state index is 0.0694. The molecular formula is C7H5ClFN3. The topological polar surface area (TPSA) is 30.7 Å². The van der Waals surface area contributed by atoms with E-state index in [1.165, 1.54) is 10.7 Å². The average Bonchev–Trinajstić information content (AvgIpc) is 2.41. The molecule has 0 radical (unpaired) electrons. The van der Waals surface area contributed by atoms with E-state index in [4.69, 9.17) is 11.6 Å². The highest BCUT2D eigenvalue weighted by molar-refractivity contribution is 6.35. The molecule has 0 aliphatic rings. The van der Waals surface area contributed by atoms with E-state index in [-0.39, 0.29) is 5.02 Å². The molecule has 2 rings (SSSR count). The summed E-state index contributed by atoms with van der Waals surface area (Å²) in [4.78, 5) is 0. The Morgan fingerprint density at radius 3 is 3.00 bits per heavy atom. The lowest BCUT2D eigenvalue weighted by molar-refractivity contribution is 0.628. The van der Waals surface area contributed by atoms with Crippen LogP contribution in [-0.2, 0) is 7.05 Å². The van der Waals surface area contributed by atoms with Crippen molar-refractivity contribution >= 4 is 22.6 Å². The van der Waals surface area contributed by atoms with E-state index in [1.807, 2.05) is 0 Å². The van der Waals surface area contributed by atoms with Gasteiger partial charge in [0.15, 0.2) is 0 Å². The molecule has 0 spiro atoms. The maximum Gasteiger partial charge on any atom is 0.144 e. The van der Waals surface area contributed by atoms with Gasteiger partial charge in [-0.1, -0.05) is 16.8 Å². The summed E-state index contributed by atoms with van der Waals surface area (Å²) < 4.78 is 14.4. The minimum Gasteiger partial charge on any atom is -0.246 e. The van der Waals surface area contributed by atoms with E-state index in [0.29, 0.717) is 11.0 Å². The SMILES string of the molecule is Cn1nnc2ccc(F)c(Cl)c21. The van der Waals surface area contributed by atoms with Gasteiger partial charge in [0.1, 0.15) is 21.9 Å². The largest absolute Gasteiger partial charge is 0.246 e. The zero-order chi connectivity index (χ0) is 8.72. The number of halogens is 2. The molecule has 3 nitrogen and oxygen atoms in total. The van der Waals surface area contributed by atoms with Crippen LogP contribution in [0.5, 0.6) is 0 Å². The number of benzene rings is 1. The summed E-state index contributed by atoms with van der Waals surface area (Å²) in [7, 11) is 1.67. The molecule has 12 heavy (non-hydrogen) atoms. The molecule has 1 heterocycles. The molecule has 5 heteroatoms. The third-order valence-electron chi connectivity index (χ3n) is 1.66. The number of aryl methyl sites for hydroxylation is 1. The van der Waals surface area contributed by atoms with Gasteiger partial charge in [0.25, 0.3) is 0 Å². The number of aromatic nitrogens is 3. The molecule has 1 aromatic heterocycles. The fourth-order valence-electron chi connectivity index (χ4n) is 1.08. The van der Waals surface area contributed by atoms with Gasteiger partial charge < -0.3 is 0 Å². The van der Waals surface area contributed by atoms with Crippen molar-refractivity contribution in [3.8, 4) is 0 Å². The van der Waals surface area contributed by atoms with Crippen LogP contribution in [-0.4, -0.2) is 15.0 Å². The molecule has 0 atom stereocenters. The van der Waals surface area contributed by atoms with Crippen molar-refractivity contribution in [1.82, 2.24) is 15.0 Å². The fraction of sp³-hybridized carbons (Fsp3) is 0.143. The standard InChI is InChI=1S/C7H5ClFN3/c1-12-7-5(10-11-12)3-2-4(9)6(7)8/h2-3H,1H3. The Balaban J connectivity index is 2.96. The van der Waals surface area contributed by atoms with Gasteiger partial charge in [-0.05, 0) is 12.1 Å². The van der Waals surface area contributed by atoms with Crippen LogP contribution in [0, 0.1) is 5.82 Å². The first-order valence-corrected chi connectivity index (χ1v) is 3.71. The maximum absolute atomic E-state index is 12.9. The smallest absolute Gasteiger partial charge is 0.144 e. The van der Waals surface area contributed by atoms with E-state index >= 15 is 0 Å². The molecule has 62 valence electrons. The number of nitrogens with zero attached hydrogens (tertiary/aromatic N) is 3. The van der Waals surface area contributed by atoms with E-state index < -0.39 is 5.82 Å². The molecule has 0 fully saturated rings. The van der Waals surface area contributed by atoms with E-state index in [0.717, 1.165) is 0 Å². The van der Waals surface area contributed by atoms with Crippen LogP contribution < -0.4 is 0 Å². The number of fused-ring (bicyclic) bond motifs is 1. The maximum atomic E-state index is 12.9. The van der Waals surface area contributed by atoms with Gasteiger partial charge in [-0.25, -0.2) is 9.07 Å². The first kappa shape index (κ1) is 7.49. The third-order valence-corrected chi connectivity index (χ3v) is 2.02. The van der Waals surface area contributed by atoms with Crippen LogP contribution in [0.25, 0.3) is 11.0 Å². The van der Waals surface area contributed by atoms with Crippen molar-refractivity contribution in [1.29, 1.82) is 0 Å². The summed E-state index contributed by atoms with van der Waals surface area (Å²) in [5, 5.41) is 7.56. The second-order valence-electron chi connectivity index (χ2n) is 2.44. The second kappa shape index (κ2) is 2.42. The normalized spacial score (nSPS) is 10.9. The molecule has 0 bridgehead atoms. The molecule has 0 saturated heterocycles. The van der Waals surface area contributed by atoms with Gasteiger partial charge >= 0.3 is 0 Å². The highest BCUT2D eigenvalue weighted by Gasteiger charge is 2.09. The van der Waals surface area contributed by atoms with Crippen LogP contribution >= 0.6 is 11.6 Å². The Bertz CT molecular complexity index is 437. The van der Waals surface area contributed by atoms with Crippen molar-refractivity contribution in [2.75, 3.05) is 0 Å². The van der Waals surface area contributed by atoms with Crippen LogP contribution in [0.2, 0.25) is 5.02 Å². The molecule has 0 aliphatic carbocycles.